The van der Waals surface area contributed by atoms with Crippen LogP contribution < -0.4 is 4.90 Å². The summed E-state index contributed by atoms with van der Waals surface area (Å²) >= 11 is 0. The van der Waals surface area contributed by atoms with Crippen molar-refractivity contribution in [3.63, 3.8) is 0 Å². The first-order valence-electron chi connectivity index (χ1n) is 9.72. The molecule has 0 aromatic carbocycles. The third kappa shape index (κ3) is 2.42. The van der Waals surface area contributed by atoms with Crippen LogP contribution in [-0.2, 0) is 4.79 Å². The molecule has 4 aliphatic carbocycles. The van der Waals surface area contributed by atoms with Gasteiger partial charge in [-0.05, 0) is 67.9 Å². The Labute approximate surface area is 144 Å². The Bertz CT molecular complexity index is 581. The second-order valence-corrected chi connectivity index (χ2v) is 8.46. The summed E-state index contributed by atoms with van der Waals surface area (Å²) in [6.07, 6.45) is 8.63. The van der Waals surface area contributed by atoms with Crippen molar-refractivity contribution in [2.75, 3.05) is 31.1 Å². The fraction of sp³-hybridized carbons (Fsp3) is 0.700. The van der Waals surface area contributed by atoms with E-state index < -0.39 is 0 Å². The van der Waals surface area contributed by atoms with Gasteiger partial charge < -0.3 is 9.80 Å². The highest BCUT2D eigenvalue weighted by molar-refractivity contribution is 5.80. The molecule has 128 valence electrons. The van der Waals surface area contributed by atoms with E-state index in [-0.39, 0.29) is 0 Å². The second-order valence-electron chi connectivity index (χ2n) is 8.46. The Morgan fingerprint density at radius 2 is 1.58 bits per heavy atom. The zero-order chi connectivity index (χ0) is 16.1. The molecule has 1 aromatic rings. The van der Waals surface area contributed by atoms with Crippen molar-refractivity contribution in [2.24, 2.45) is 29.6 Å². The summed E-state index contributed by atoms with van der Waals surface area (Å²) in [4.78, 5) is 22.1. The van der Waals surface area contributed by atoms with Crippen molar-refractivity contribution < 1.29 is 4.79 Å². The standard InChI is InChI=1S/C20H27N3O/c24-20(19-16-10-14-9-15(12-16)13-17(19)11-14)23-7-5-22(6-8-23)18-3-1-2-4-21-18/h1-4,14-17,19H,5-13H2. The number of pyridine rings is 1. The SMILES string of the molecule is O=C(C1C2CC3CC(C2)CC1C3)N1CCN(c2ccccn2)CC1. The van der Waals surface area contributed by atoms with Crippen LogP contribution in [-0.4, -0.2) is 42.0 Å². The van der Waals surface area contributed by atoms with Crippen molar-refractivity contribution in [2.45, 2.75) is 32.1 Å². The van der Waals surface area contributed by atoms with Crippen molar-refractivity contribution in [1.82, 2.24) is 9.88 Å². The Morgan fingerprint density at radius 1 is 0.917 bits per heavy atom. The summed E-state index contributed by atoms with van der Waals surface area (Å²) < 4.78 is 0. The maximum atomic E-state index is 13.2. The number of carbonyl (C=O) groups is 1. The van der Waals surface area contributed by atoms with Crippen LogP contribution in [0.2, 0.25) is 0 Å². The predicted octanol–water partition coefficient (Wildman–Crippen LogP) is 2.80. The topological polar surface area (TPSA) is 36.4 Å². The largest absolute Gasteiger partial charge is 0.353 e. The van der Waals surface area contributed by atoms with Gasteiger partial charge in [0.25, 0.3) is 0 Å². The quantitative estimate of drug-likeness (QED) is 0.839. The van der Waals surface area contributed by atoms with E-state index in [2.05, 4.69) is 20.9 Å². The third-order valence-corrected chi connectivity index (χ3v) is 7.08. The predicted molar refractivity (Wildman–Crippen MR) is 93.6 cm³/mol. The van der Waals surface area contributed by atoms with E-state index >= 15 is 0 Å². The minimum atomic E-state index is 0.346. The smallest absolute Gasteiger partial charge is 0.226 e. The molecule has 4 heteroatoms. The van der Waals surface area contributed by atoms with Crippen LogP contribution >= 0.6 is 0 Å². The molecule has 4 bridgehead atoms. The number of rotatable bonds is 2. The lowest BCUT2D eigenvalue weighted by Crippen LogP contribution is -2.56. The van der Waals surface area contributed by atoms with Crippen molar-refractivity contribution in [3.8, 4) is 0 Å². The summed E-state index contributed by atoms with van der Waals surface area (Å²) in [6, 6.07) is 6.05. The molecular weight excluding hydrogens is 298 g/mol. The molecule has 0 radical (unpaired) electrons. The highest BCUT2D eigenvalue weighted by atomic mass is 16.2. The van der Waals surface area contributed by atoms with Crippen LogP contribution in [0.4, 0.5) is 5.82 Å². The molecule has 0 N–H and O–H groups in total. The minimum Gasteiger partial charge on any atom is -0.353 e. The van der Waals surface area contributed by atoms with E-state index in [0.29, 0.717) is 23.7 Å². The number of hydrogen-bond acceptors (Lipinski definition) is 3. The van der Waals surface area contributed by atoms with Gasteiger partial charge in [0, 0.05) is 38.3 Å². The van der Waals surface area contributed by atoms with Gasteiger partial charge in [-0.15, -0.1) is 0 Å². The zero-order valence-electron chi connectivity index (χ0n) is 14.3. The molecule has 1 aromatic heterocycles. The third-order valence-electron chi connectivity index (χ3n) is 7.08. The number of nitrogens with zero attached hydrogens (tertiary/aromatic N) is 3. The summed E-state index contributed by atoms with van der Waals surface area (Å²) in [6.45, 7) is 3.54. The fourth-order valence-electron chi connectivity index (χ4n) is 6.24. The van der Waals surface area contributed by atoms with Gasteiger partial charge in [-0.25, -0.2) is 4.98 Å². The lowest BCUT2D eigenvalue weighted by molar-refractivity contribution is -0.149. The van der Waals surface area contributed by atoms with E-state index in [9.17, 15) is 4.79 Å². The first kappa shape index (κ1) is 14.7. The van der Waals surface area contributed by atoms with Crippen LogP contribution in [0.1, 0.15) is 32.1 Å². The van der Waals surface area contributed by atoms with E-state index in [1.165, 1.54) is 32.1 Å². The highest BCUT2D eigenvalue weighted by Gasteiger charge is 2.51. The van der Waals surface area contributed by atoms with Gasteiger partial charge in [0.2, 0.25) is 5.91 Å². The second kappa shape index (κ2) is 5.75. The number of amides is 1. The number of hydrogen-bond donors (Lipinski definition) is 0. The lowest BCUT2D eigenvalue weighted by atomic mass is 9.51. The van der Waals surface area contributed by atoms with Crippen molar-refractivity contribution >= 4 is 11.7 Å². The average Bonchev–Trinajstić information content (AvgIpc) is 2.61. The molecule has 1 aliphatic heterocycles. The number of anilines is 1. The highest BCUT2D eigenvalue weighted by Crippen LogP contribution is 2.56. The van der Waals surface area contributed by atoms with Crippen LogP contribution in [0.3, 0.4) is 0 Å². The Kier molecular flexibility index (Phi) is 3.53. The lowest BCUT2D eigenvalue weighted by Gasteiger charge is -2.54. The van der Waals surface area contributed by atoms with Gasteiger partial charge in [0.1, 0.15) is 5.82 Å². The molecule has 4 saturated carbocycles. The molecule has 6 rings (SSSR count). The average molecular weight is 325 g/mol. The molecular formula is C20H27N3O. The van der Waals surface area contributed by atoms with Gasteiger partial charge in [-0.2, -0.15) is 0 Å². The monoisotopic (exact) mass is 325 g/mol. The Balaban J connectivity index is 1.25. The van der Waals surface area contributed by atoms with E-state index in [0.717, 1.165) is 43.8 Å². The minimum absolute atomic E-state index is 0.346. The van der Waals surface area contributed by atoms with Gasteiger partial charge in [-0.1, -0.05) is 6.07 Å². The zero-order valence-corrected chi connectivity index (χ0v) is 14.3. The molecule has 0 spiro atoms. The normalized spacial score (nSPS) is 37.8. The van der Waals surface area contributed by atoms with Gasteiger partial charge in [0.15, 0.2) is 0 Å². The first-order chi connectivity index (χ1) is 11.8. The molecule has 5 fully saturated rings. The maximum Gasteiger partial charge on any atom is 0.226 e. The molecule has 1 saturated heterocycles. The number of aromatic nitrogens is 1. The Hall–Kier alpha value is -1.58. The molecule has 1 amide bonds. The fourth-order valence-corrected chi connectivity index (χ4v) is 6.24. The summed E-state index contributed by atoms with van der Waals surface area (Å²) in [5.41, 5.74) is 0. The molecule has 0 atom stereocenters. The van der Waals surface area contributed by atoms with Gasteiger partial charge >= 0.3 is 0 Å². The molecule has 2 heterocycles. The van der Waals surface area contributed by atoms with Gasteiger partial charge in [0.05, 0.1) is 0 Å². The van der Waals surface area contributed by atoms with Gasteiger partial charge in [-0.3, -0.25) is 4.79 Å². The molecule has 4 nitrogen and oxygen atoms in total. The first-order valence-corrected chi connectivity index (χ1v) is 9.72. The van der Waals surface area contributed by atoms with Crippen molar-refractivity contribution in [3.05, 3.63) is 24.4 Å². The van der Waals surface area contributed by atoms with E-state index in [1.54, 1.807) is 0 Å². The summed E-state index contributed by atoms with van der Waals surface area (Å²) in [5, 5.41) is 0. The van der Waals surface area contributed by atoms with E-state index in [1.807, 2.05) is 18.3 Å². The number of carbonyl (C=O) groups excluding carboxylic acids is 1. The van der Waals surface area contributed by atoms with E-state index in [4.69, 9.17) is 0 Å². The maximum absolute atomic E-state index is 13.2. The molecule has 24 heavy (non-hydrogen) atoms. The van der Waals surface area contributed by atoms with Crippen LogP contribution in [0.15, 0.2) is 24.4 Å². The summed E-state index contributed by atoms with van der Waals surface area (Å²) in [7, 11) is 0. The molecule has 5 aliphatic rings. The Morgan fingerprint density at radius 3 is 2.17 bits per heavy atom. The van der Waals surface area contributed by atoms with Crippen molar-refractivity contribution in [1.29, 1.82) is 0 Å². The van der Waals surface area contributed by atoms with Crippen LogP contribution in [0.5, 0.6) is 0 Å². The van der Waals surface area contributed by atoms with Crippen LogP contribution in [0, 0.1) is 29.6 Å². The number of piperazine rings is 1. The van der Waals surface area contributed by atoms with Crippen LogP contribution in [0.25, 0.3) is 0 Å². The summed E-state index contributed by atoms with van der Waals surface area (Å²) in [5.74, 6) is 5.14. The molecule has 0 unspecified atom stereocenters.